The molecule has 0 unspecified atom stereocenters. The highest BCUT2D eigenvalue weighted by molar-refractivity contribution is 5.64. The van der Waals surface area contributed by atoms with E-state index in [-0.39, 0.29) is 6.61 Å². The van der Waals surface area contributed by atoms with Gasteiger partial charge >= 0.3 is 6.09 Å². The highest BCUT2D eigenvalue weighted by Gasteiger charge is 1.96. The molecule has 1 aromatic rings. The van der Waals surface area contributed by atoms with Gasteiger partial charge in [0.2, 0.25) is 0 Å². The molecule has 0 bridgehead atoms. The van der Waals surface area contributed by atoms with Gasteiger partial charge in [-0.1, -0.05) is 0 Å². The smallest absolute Gasteiger partial charge is 0.404 e. The minimum atomic E-state index is -0.759. The number of carbonyl (C=O) groups is 1. The molecule has 0 saturated carbocycles. The van der Waals surface area contributed by atoms with Gasteiger partial charge in [-0.25, -0.2) is 9.78 Å². The molecular weight excluding hydrogens is 208 g/mol. The largest absolute Gasteiger partial charge is 0.448 e. The molecule has 6 heteroatoms. The van der Waals surface area contributed by atoms with Crippen LogP contribution >= 0.6 is 0 Å². The Kier molecular flexibility index (Phi) is 4.91. The maximum absolute atomic E-state index is 10.3. The molecule has 0 aliphatic heterocycles. The maximum atomic E-state index is 10.3. The number of hydrogen-bond acceptors (Lipinski definition) is 5. The van der Waals surface area contributed by atoms with Gasteiger partial charge in [0.1, 0.15) is 12.4 Å². The standard InChI is InChI=1S/C10H16N4O2/c1-2-12-9-7-8(3-4-14-9)13-5-6-16-10(11)15/h3-4,7H,2,5-6H2,1H3,(H2,11,15)(H2,12,13,14). The summed E-state index contributed by atoms with van der Waals surface area (Å²) in [6, 6.07) is 3.72. The Morgan fingerprint density at radius 2 is 2.38 bits per heavy atom. The average molecular weight is 224 g/mol. The van der Waals surface area contributed by atoms with E-state index >= 15 is 0 Å². The zero-order chi connectivity index (χ0) is 11.8. The van der Waals surface area contributed by atoms with Crippen molar-refractivity contribution in [1.29, 1.82) is 0 Å². The van der Waals surface area contributed by atoms with Crippen LogP contribution in [0.1, 0.15) is 6.92 Å². The van der Waals surface area contributed by atoms with Crippen LogP contribution in [0.4, 0.5) is 16.3 Å². The topological polar surface area (TPSA) is 89.3 Å². The first-order valence-electron chi connectivity index (χ1n) is 5.08. The van der Waals surface area contributed by atoms with Gasteiger partial charge in [0.25, 0.3) is 0 Å². The number of nitrogens with zero attached hydrogens (tertiary/aromatic N) is 1. The van der Waals surface area contributed by atoms with Crippen LogP contribution < -0.4 is 16.4 Å². The van der Waals surface area contributed by atoms with Crippen LogP contribution in [0.25, 0.3) is 0 Å². The van der Waals surface area contributed by atoms with Crippen LogP contribution in [0.15, 0.2) is 18.3 Å². The molecule has 0 aromatic carbocycles. The fourth-order valence-electron chi connectivity index (χ4n) is 1.17. The maximum Gasteiger partial charge on any atom is 0.404 e. The number of nitrogens with two attached hydrogens (primary N) is 1. The van der Waals surface area contributed by atoms with E-state index in [1.54, 1.807) is 6.20 Å². The highest BCUT2D eigenvalue weighted by atomic mass is 16.5. The van der Waals surface area contributed by atoms with E-state index in [1.165, 1.54) is 0 Å². The first kappa shape index (κ1) is 12.1. The van der Waals surface area contributed by atoms with Crippen LogP contribution in [0.2, 0.25) is 0 Å². The first-order chi connectivity index (χ1) is 7.72. The third kappa shape index (κ3) is 4.50. The number of anilines is 2. The molecule has 0 saturated heterocycles. The SMILES string of the molecule is CCNc1cc(NCCOC(N)=O)ccn1. The summed E-state index contributed by atoms with van der Waals surface area (Å²) in [6.45, 7) is 3.58. The Bertz CT molecular complexity index is 343. The van der Waals surface area contributed by atoms with Crippen molar-refractivity contribution in [3.05, 3.63) is 18.3 Å². The summed E-state index contributed by atoms with van der Waals surface area (Å²) in [4.78, 5) is 14.4. The predicted octanol–water partition coefficient (Wildman–Crippen LogP) is 1.02. The van der Waals surface area contributed by atoms with Crippen molar-refractivity contribution in [2.45, 2.75) is 6.92 Å². The van der Waals surface area contributed by atoms with Crippen LogP contribution in [-0.2, 0) is 4.74 Å². The van der Waals surface area contributed by atoms with Gasteiger partial charge in [0.15, 0.2) is 0 Å². The summed E-state index contributed by atoms with van der Waals surface area (Å²) in [5.41, 5.74) is 5.74. The van der Waals surface area contributed by atoms with Crippen LogP contribution in [0.3, 0.4) is 0 Å². The van der Waals surface area contributed by atoms with E-state index < -0.39 is 6.09 Å². The predicted molar refractivity (Wildman–Crippen MR) is 62.4 cm³/mol. The second-order valence-corrected chi connectivity index (χ2v) is 3.05. The average Bonchev–Trinajstić information content (AvgIpc) is 2.25. The van der Waals surface area contributed by atoms with Gasteiger partial charge in [-0.05, 0) is 13.0 Å². The normalized spacial score (nSPS) is 9.56. The number of rotatable bonds is 6. The van der Waals surface area contributed by atoms with Gasteiger partial charge in [0.05, 0.1) is 0 Å². The zero-order valence-corrected chi connectivity index (χ0v) is 9.19. The highest BCUT2D eigenvalue weighted by Crippen LogP contribution is 2.10. The zero-order valence-electron chi connectivity index (χ0n) is 9.19. The summed E-state index contributed by atoms with van der Waals surface area (Å²) in [7, 11) is 0. The van der Waals surface area contributed by atoms with Crippen LogP contribution in [-0.4, -0.2) is 30.8 Å². The third-order valence-corrected chi connectivity index (χ3v) is 1.79. The van der Waals surface area contributed by atoms with Crippen LogP contribution in [0, 0.1) is 0 Å². The molecular formula is C10H16N4O2. The van der Waals surface area contributed by atoms with Crippen molar-refractivity contribution in [1.82, 2.24) is 4.98 Å². The molecule has 0 spiro atoms. The minimum absolute atomic E-state index is 0.244. The Morgan fingerprint density at radius 1 is 1.56 bits per heavy atom. The molecule has 4 N–H and O–H groups in total. The van der Waals surface area contributed by atoms with Gasteiger partial charge in [-0.2, -0.15) is 0 Å². The number of primary amides is 1. The number of ether oxygens (including phenoxy) is 1. The number of amides is 1. The third-order valence-electron chi connectivity index (χ3n) is 1.79. The molecule has 6 nitrogen and oxygen atoms in total. The fourth-order valence-corrected chi connectivity index (χ4v) is 1.17. The van der Waals surface area contributed by atoms with Gasteiger partial charge in [0, 0.05) is 31.0 Å². The number of nitrogens with one attached hydrogen (secondary N) is 2. The van der Waals surface area contributed by atoms with E-state index in [0.717, 1.165) is 18.1 Å². The number of hydrogen-bond donors (Lipinski definition) is 3. The fraction of sp³-hybridized carbons (Fsp3) is 0.400. The van der Waals surface area contributed by atoms with E-state index in [4.69, 9.17) is 5.73 Å². The lowest BCUT2D eigenvalue weighted by Crippen LogP contribution is -2.18. The van der Waals surface area contributed by atoms with Crippen LogP contribution in [0.5, 0.6) is 0 Å². The van der Waals surface area contributed by atoms with Gasteiger partial charge in [-0.3, -0.25) is 0 Å². The van der Waals surface area contributed by atoms with E-state index in [1.807, 2.05) is 19.1 Å². The molecule has 0 atom stereocenters. The molecule has 0 aliphatic carbocycles. The second kappa shape index (κ2) is 6.49. The minimum Gasteiger partial charge on any atom is -0.448 e. The Morgan fingerprint density at radius 3 is 3.06 bits per heavy atom. The molecule has 1 heterocycles. The molecule has 0 aliphatic rings. The molecule has 88 valence electrons. The molecule has 0 radical (unpaired) electrons. The summed E-state index contributed by atoms with van der Waals surface area (Å²) in [5, 5.41) is 6.19. The summed E-state index contributed by atoms with van der Waals surface area (Å²) in [6.07, 6.45) is 0.944. The Balaban J connectivity index is 2.35. The van der Waals surface area contributed by atoms with Gasteiger partial charge < -0.3 is 21.1 Å². The van der Waals surface area contributed by atoms with Crippen molar-refractivity contribution in [3.63, 3.8) is 0 Å². The van der Waals surface area contributed by atoms with E-state index in [2.05, 4.69) is 20.4 Å². The Hall–Kier alpha value is -1.98. The summed E-state index contributed by atoms with van der Waals surface area (Å²) >= 11 is 0. The number of carbonyl (C=O) groups excluding carboxylic acids is 1. The van der Waals surface area contributed by atoms with Crippen molar-refractivity contribution in [2.24, 2.45) is 5.73 Å². The molecule has 1 amide bonds. The van der Waals surface area contributed by atoms with Crippen molar-refractivity contribution in [2.75, 3.05) is 30.3 Å². The molecule has 1 rings (SSSR count). The summed E-state index contributed by atoms with van der Waals surface area (Å²) in [5.74, 6) is 0.809. The second-order valence-electron chi connectivity index (χ2n) is 3.05. The Labute approximate surface area is 94.2 Å². The molecule has 1 aromatic heterocycles. The lowest BCUT2D eigenvalue weighted by atomic mass is 10.4. The number of aromatic nitrogens is 1. The number of pyridine rings is 1. The molecule has 0 fully saturated rings. The lowest BCUT2D eigenvalue weighted by Gasteiger charge is -2.08. The van der Waals surface area contributed by atoms with E-state index in [9.17, 15) is 4.79 Å². The van der Waals surface area contributed by atoms with Crippen molar-refractivity contribution < 1.29 is 9.53 Å². The van der Waals surface area contributed by atoms with Gasteiger partial charge in [-0.15, -0.1) is 0 Å². The monoisotopic (exact) mass is 224 g/mol. The van der Waals surface area contributed by atoms with Crippen molar-refractivity contribution >= 4 is 17.6 Å². The quantitative estimate of drug-likeness (QED) is 0.628. The first-order valence-corrected chi connectivity index (χ1v) is 5.08. The summed E-state index contributed by atoms with van der Waals surface area (Å²) < 4.78 is 4.59. The van der Waals surface area contributed by atoms with E-state index in [0.29, 0.717) is 6.54 Å². The van der Waals surface area contributed by atoms with Crippen molar-refractivity contribution in [3.8, 4) is 0 Å². The molecule has 16 heavy (non-hydrogen) atoms. The lowest BCUT2D eigenvalue weighted by molar-refractivity contribution is 0.161.